The minimum atomic E-state index is -4.60. The Morgan fingerprint density at radius 3 is 2.12 bits per heavy atom. The number of para-hydroxylation sites is 1. The molecule has 0 radical (unpaired) electrons. The summed E-state index contributed by atoms with van der Waals surface area (Å²) in [5, 5.41) is 24.6. The Kier molecular flexibility index (Phi) is 7.69. The number of carbonyl (C=O) groups is 1. The molecule has 1 aliphatic rings. The van der Waals surface area contributed by atoms with Crippen molar-refractivity contribution in [1.29, 1.82) is 0 Å². The number of nitrogens with zero attached hydrogens (tertiary/aromatic N) is 5. The SMILES string of the molecule is O=C1C(N=Nc2ccc(S(=O)(=O)[O-])cc2)C(c2ccc([N+](=O)[O-])cc2)=NN1c1ccccc1.[Na+]. The van der Waals surface area contributed by atoms with Crippen LogP contribution in [0.25, 0.3) is 0 Å². The van der Waals surface area contributed by atoms with Crippen molar-refractivity contribution in [3.8, 4) is 0 Å². The maximum atomic E-state index is 13.1. The average molecular weight is 487 g/mol. The Morgan fingerprint density at radius 2 is 1.56 bits per heavy atom. The summed E-state index contributed by atoms with van der Waals surface area (Å²) in [6.07, 6.45) is 0. The molecule has 3 aromatic rings. The van der Waals surface area contributed by atoms with E-state index in [4.69, 9.17) is 0 Å². The molecular weight excluding hydrogens is 473 g/mol. The van der Waals surface area contributed by atoms with Crippen LogP contribution in [0.1, 0.15) is 5.56 Å². The van der Waals surface area contributed by atoms with Gasteiger partial charge >= 0.3 is 29.6 Å². The number of benzene rings is 3. The average Bonchev–Trinajstić information content (AvgIpc) is 3.14. The van der Waals surface area contributed by atoms with E-state index in [1.54, 1.807) is 30.3 Å². The summed E-state index contributed by atoms with van der Waals surface area (Å²) in [6, 6.07) is 17.8. The van der Waals surface area contributed by atoms with Crippen LogP contribution >= 0.6 is 0 Å². The monoisotopic (exact) mass is 487 g/mol. The van der Waals surface area contributed by atoms with Gasteiger partial charge in [0.1, 0.15) is 15.8 Å². The molecule has 0 fully saturated rings. The van der Waals surface area contributed by atoms with Crippen LogP contribution in [0.15, 0.2) is 99.1 Å². The quantitative estimate of drug-likeness (QED) is 0.161. The molecule has 0 spiro atoms. The second-order valence-corrected chi connectivity index (χ2v) is 8.22. The van der Waals surface area contributed by atoms with Gasteiger partial charge in [0, 0.05) is 17.7 Å². The molecule has 3 aromatic carbocycles. The molecule has 1 unspecified atom stereocenters. The molecule has 0 aromatic heterocycles. The van der Waals surface area contributed by atoms with Crippen LogP contribution in [0.5, 0.6) is 0 Å². The Balaban J connectivity index is 0.00000324. The van der Waals surface area contributed by atoms with Gasteiger partial charge in [-0.2, -0.15) is 20.3 Å². The van der Waals surface area contributed by atoms with Crippen molar-refractivity contribution in [3.05, 3.63) is 94.5 Å². The zero-order valence-electron chi connectivity index (χ0n) is 17.7. The van der Waals surface area contributed by atoms with Crippen LogP contribution in [0, 0.1) is 10.1 Å². The van der Waals surface area contributed by atoms with Crippen molar-refractivity contribution in [2.75, 3.05) is 5.01 Å². The molecule has 0 bridgehead atoms. The van der Waals surface area contributed by atoms with Crippen molar-refractivity contribution in [2.45, 2.75) is 10.9 Å². The van der Waals surface area contributed by atoms with Gasteiger partial charge in [-0.15, -0.1) is 0 Å². The summed E-state index contributed by atoms with van der Waals surface area (Å²) in [6.45, 7) is 0. The number of hydrogen-bond donors (Lipinski definition) is 0. The predicted octanol–water partition coefficient (Wildman–Crippen LogP) is 0.406. The topological polar surface area (TPSA) is 158 Å². The molecule has 0 N–H and O–H groups in total. The van der Waals surface area contributed by atoms with Crippen LogP contribution in [0.4, 0.5) is 17.1 Å². The van der Waals surface area contributed by atoms with Gasteiger partial charge in [0.15, 0.2) is 6.04 Å². The zero-order valence-corrected chi connectivity index (χ0v) is 20.5. The van der Waals surface area contributed by atoms with E-state index in [0.717, 1.165) is 12.1 Å². The summed E-state index contributed by atoms with van der Waals surface area (Å²) in [4.78, 5) is 23.1. The van der Waals surface area contributed by atoms with E-state index in [-0.39, 0.29) is 46.6 Å². The van der Waals surface area contributed by atoms with Gasteiger partial charge in [-0.05, 0) is 48.5 Å². The standard InChI is InChI=1S/C21H15N5O6S.Na/c27-21-20(23-22-15-8-12-18(13-9-15)33(30,31)32)19(14-6-10-17(11-7-14)26(28)29)24-25(21)16-4-2-1-3-5-16;/h1-13,20H,(H,30,31,32);/q;+1/p-1. The molecule has 1 heterocycles. The summed E-state index contributed by atoms with van der Waals surface area (Å²) in [5.74, 6) is -0.489. The fourth-order valence-electron chi connectivity index (χ4n) is 3.08. The molecule has 13 heteroatoms. The van der Waals surface area contributed by atoms with Crippen molar-refractivity contribution in [2.24, 2.45) is 15.3 Å². The van der Waals surface area contributed by atoms with E-state index in [1.807, 2.05) is 0 Å². The van der Waals surface area contributed by atoms with E-state index in [2.05, 4.69) is 15.3 Å². The van der Waals surface area contributed by atoms with Crippen molar-refractivity contribution in [1.82, 2.24) is 0 Å². The summed E-state index contributed by atoms with van der Waals surface area (Å²) >= 11 is 0. The zero-order chi connectivity index (χ0) is 23.6. The third-order valence-corrected chi connectivity index (χ3v) is 5.55. The minimum absolute atomic E-state index is 0. The van der Waals surface area contributed by atoms with E-state index in [0.29, 0.717) is 11.3 Å². The second-order valence-electron chi connectivity index (χ2n) is 6.84. The molecule has 11 nitrogen and oxygen atoms in total. The molecule has 4 rings (SSSR count). The molecule has 1 aliphatic heterocycles. The first-order valence-electron chi connectivity index (χ1n) is 9.43. The third-order valence-electron chi connectivity index (χ3n) is 4.70. The van der Waals surface area contributed by atoms with Crippen LogP contribution < -0.4 is 34.6 Å². The van der Waals surface area contributed by atoms with Crippen LogP contribution in [0.2, 0.25) is 0 Å². The van der Waals surface area contributed by atoms with Crippen LogP contribution in [-0.4, -0.2) is 35.6 Å². The van der Waals surface area contributed by atoms with Gasteiger partial charge in [-0.1, -0.05) is 18.2 Å². The maximum Gasteiger partial charge on any atom is 1.00 e. The molecular formula is C21H14N5NaO6S. The second kappa shape index (κ2) is 10.3. The number of rotatable bonds is 6. The Bertz CT molecular complexity index is 1380. The normalized spacial score (nSPS) is 15.8. The van der Waals surface area contributed by atoms with Crippen molar-refractivity contribution in [3.63, 3.8) is 0 Å². The van der Waals surface area contributed by atoms with E-state index < -0.39 is 31.9 Å². The van der Waals surface area contributed by atoms with E-state index >= 15 is 0 Å². The summed E-state index contributed by atoms with van der Waals surface area (Å²) in [7, 11) is -4.60. The molecule has 1 amide bonds. The molecule has 0 aliphatic carbocycles. The molecule has 0 saturated heterocycles. The van der Waals surface area contributed by atoms with Crippen molar-refractivity contribution < 1.29 is 52.2 Å². The third kappa shape index (κ3) is 5.43. The predicted molar refractivity (Wildman–Crippen MR) is 116 cm³/mol. The number of non-ortho nitro benzene ring substituents is 1. The smallest absolute Gasteiger partial charge is 0.744 e. The number of anilines is 1. The van der Waals surface area contributed by atoms with Gasteiger partial charge < -0.3 is 4.55 Å². The fraction of sp³-hybridized carbons (Fsp3) is 0.0476. The molecule has 34 heavy (non-hydrogen) atoms. The first-order chi connectivity index (χ1) is 15.7. The molecule has 0 saturated carbocycles. The largest absolute Gasteiger partial charge is 1.00 e. The van der Waals surface area contributed by atoms with Crippen LogP contribution in [-0.2, 0) is 14.9 Å². The number of amides is 1. The van der Waals surface area contributed by atoms with Crippen LogP contribution in [0.3, 0.4) is 0 Å². The first kappa shape index (κ1) is 25.3. The molecule has 1 atom stereocenters. The van der Waals surface area contributed by atoms with Crippen molar-refractivity contribution >= 4 is 38.8 Å². The molecule has 166 valence electrons. The van der Waals surface area contributed by atoms with Gasteiger partial charge in [-0.25, -0.2) is 8.42 Å². The summed E-state index contributed by atoms with van der Waals surface area (Å²) < 4.78 is 33.2. The van der Waals surface area contributed by atoms with Gasteiger partial charge in [0.2, 0.25) is 0 Å². The Morgan fingerprint density at radius 1 is 0.941 bits per heavy atom. The fourth-order valence-corrected chi connectivity index (χ4v) is 3.55. The number of nitro benzene ring substituents is 1. The maximum absolute atomic E-state index is 13.1. The number of carbonyl (C=O) groups excluding carboxylic acids is 1. The number of azo groups is 1. The van der Waals surface area contributed by atoms with E-state index in [9.17, 15) is 27.9 Å². The Labute approximate surface area is 216 Å². The first-order valence-corrected chi connectivity index (χ1v) is 10.8. The van der Waals surface area contributed by atoms with Gasteiger partial charge in [0.05, 0.1) is 21.2 Å². The Hall–Kier alpha value is -3.29. The van der Waals surface area contributed by atoms with Gasteiger partial charge in [-0.3, -0.25) is 14.9 Å². The summed E-state index contributed by atoms with van der Waals surface area (Å²) in [5.41, 5.74) is 1.29. The van der Waals surface area contributed by atoms with Gasteiger partial charge in [0.25, 0.3) is 11.6 Å². The minimum Gasteiger partial charge on any atom is -0.744 e. The number of hydrogen-bond acceptors (Lipinski definition) is 9. The van der Waals surface area contributed by atoms with E-state index in [1.165, 1.54) is 41.4 Å². The number of hydrazone groups is 1. The number of nitro groups is 1.